The van der Waals surface area contributed by atoms with Gasteiger partial charge in [0, 0.05) is 10.0 Å². The van der Waals surface area contributed by atoms with Gasteiger partial charge in [0.25, 0.3) is 5.91 Å². The van der Waals surface area contributed by atoms with E-state index < -0.39 is 12.0 Å². The summed E-state index contributed by atoms with van der Waals surface area (Å²) < 4.78 is 5.65. The van der Waals surface area contributed by atoms with Gasteiger partial charge in [0.05, 0.1) is 6.54 Å². The largest absolute Gasteiger partial charge is 0.447 e. The lowest BCUT2D eigenvalue weighted by molar-refractivity contribution is -0.128. The van der Waals surface area contributed by atoms with Crippen molar-refractivity contribution in [3.8, 4) is 11.4 Å². The van der Waals surface area contributed by atoms with E-state index >= 15 is 0 Å². The summed E-state index contributed by atoms with van der Waals surface area (Å²) in [6, 6.07) is 7.40. The molecule has 1 aliphatic heterocycles. The van der Waals surface area contributed by atoms with E-state index in [1.165, 1.54) is 0 Å². The first-order valence-corrected chi connectivity index (χ1v) is 6.93. The zero-order valence-electron chi connectivity index (χ0n) is 10.8. The van der Waals surface area contributed by atoms with Gasteiger partial charge < -0.3 is 4.74 Å². The third-order valence-electron chi connectivity index (χ3n) is 2.89. The van der Waals surface area contributed by atoms with Gasteiger partial charge in [-0.1, -0.05) is 15.9 Å². The standard InChI is InChI=1S/C12H10BrN5O3/c13-9-3-1-8(2-4-9)11-14-16-18(15-11)7-10(19)17-5-6-21-12(17)20/h1-4H,5-7H2. The average Bonchev–Trinajstić information content (AvgIpc) is 3.09. The number of aromatic nitrogens is 4. The summed E-state index contributed by atoms with van der Waals surface area (Å²) in [6.07, 6.45) is -0.631. The Bertz CT molecular complexity index is 684. The molecule has 1 saturated heterocycles. The molecule has 0 atom stereocenters. The van der Waals surface area contributed by atoms with E-state index in [4.69, 9.17) is 4.74 Å². The van der Waals surface area contributed by atoms with Crippen molar-refractivity contribution in [3.63, 3.8) is 0 Å². The summed E-state index contributed by atoms with van der Waals surface area (Å²) in [4.78, 5) is 25.4. The Hall–Kier alpha value is -2.29. The van der Waals surface area contributed by atoms with Crippen LogP contribution in [-0.4, -0.2) is 50.3 Å². The molecule has 8 nitrogen and oxygen atoms in total. The highest BCUT2D eigenvalue weighted by Gasteiger charge is 2.28. The number of carbonyl (C=O) groups excluding carboxylic acids is 2. The molecule has 1 aromatic heterocycles. The maximum absolute atomic E-state index is 11.9. The summed E-state index contributed by atoms with van der Waals surface area (Å²) in [6.45, 7) is 0.323. The molecular weight excluding hydrogens is 342 g/mol. The van der Waals surface area contributed by atoms with Crippen molar-refractivity contribution < 1.29 is 14.3 Å². The van der Waals surface area contributed by atoms with Crippen LogP contribution in [0.3, 0.4) is 0 Å². The van der Waals surface area contributed by atoms with Crippen molar-refractivity contribution in [2.75, 3.05) is 13.2 Å². The zero-order valence-corrected chi connectivity index (χ0v) is 12.4. The molecule has 1 aromatic carbocycles. The first-order valence-electron chi connectivity index (χ1n) is 6.14. The molecule has 0 radical (unpaired) electrons. The number of hydrogen-bond acceptors (Lipinski definition) is 6. The Labute approximate surface area is 127 Å². The van der Waals surface area contributed by atoms with Crippen molar-refractivity contribution >= 4 is 27.9 Å². The molecule has 2 heterocycles. The lowest BCUT2D eigenvalue weighted by atomic mass is 10.2. The first-order chi connectivity index (χ1) is 10.1. The lowest BCUT2D eigenvalue weighted by Crippen LogP contribution is -2.35. The van der Waals surface area contributed by atoms with Crippen LogP contribution < -0.4 is 0 Å². The maximum atomic E-state index is 11.9. The van der Waals surface area contributed by atoms with Gasteiger partial charge in [-0.05, 0) is 29.5 Å². The van der Waals surface area contributed by atoms with Crippen LogP contribution in [-0.2, 0) is 16.1 Å². The summed E-state index contributed by atoms with van der Waals surface area (Å²) in [7, 11) is 0. The highest BCUT2D eigenvalue weighted by molar-refractivity contribution is 9.10. The SMILES string of the molecule is O=C(Cn1nnc(-c2ccc(Br)cc2)n1)N1CCOC1=O. The fourth-order valence-electron chi connectivity index (χ4n) is 1.85. The highest BCUT2D eigenvalue weighted by Crippen LogP contribution is 2.17. The monoisotopic (exact) mass is 351 g/mol. The van der Waals surface area contributed by atoms with Crippen molar-refractivity contribution in [3.05, 3.63) is 28.7 Å². The maximum Gasteiger partial charge on any atom is 0.416 e. The first kappa shape index (κ1) is 13.7. The molecule has 0 unspecified atom stereocenters. The number of cyclic esters (lactones) is 1. The van der Waals surface area contributed by atoms with Crippen molar-refractivity contribution in [1.82, 2.24) is 25.1 Å². The van der Waals surface area contributed by atoms with Crippen LogP contribution in [0.15, 0.2) is 28.7 Å². The zero-order chi connectivity index (χ0) is 14.8. The van der Waals surface area contributed by atoms with Gasteiger partial charge in [-0.3, -0.25) is 4.79 Å². The van der Waals surface area contributed by atoms with Crippen molar-refractivity contribution in [1.29, 1.82) is 0 Å². The second kappa shape index (κ2) is 5.60. The molecule has 9 heteroatoms. The predicted molar refractivity (Wildman–Crippen MR) is 74.0 cm³/mol. The minimum absolute atomic E-state index is 0.154. The number of tetrazole rings is 1. The van der Waals surface area contributed by atoms with E-state index in [2.05, 4.69) is 31.3 Å². The number of imide groups is 1. The second-order valence-electron chi connectivity index (χ2n) is 4.31. The molecule has 2 amide bonds. The van der Waals surface area contributed by atoms with Crippen LogP contribution in [0.5, 0.6) is 0 Å². The van der Waals surface area contributed by atoms with Crippen LogP contribution in [0.2, 0.25) is 0 Å². The van der Waals surface area contributed by atoms with Gasteiger partial charge in [-0.15, -0.1) is 10.2 Å². The Kier molecular flexibility index (Phi) is 3.65. The minimum atomic E-state index is -0.631. The second-order valence-corrected chi connectivity index (χ2v) is 5.23. The van der Waals surface area contributed by atoms with Crippen LogP contribution in [0.4, 0.5) is 4.79 Å². The molecule has 108 valence electrons. The molecule has 0 saturated carbocycles. The molecule has 0 N–H and O–H groups in total. The van der Waals surface area contributed by atoms with Gasteiger partial charge in [-0.2, -0.15) is 4.80 Å². The van der Waals surface area contributed by atoms with E-state index in [1.54, 1.807) is 0 Å². The van der Waals surface area contributed by atoms with Crippen LogP contribution in [0, 0.1) is 0 Å². The summed E-state index contributed by atoms with van der Waals surface area (Å²) in [5.74, 6) is -0.00319. The van der Waals surface area contributed by atoms with Crippen molar-refractivity contribution in [2.24, 2.45) is 0 Å². The fourth-order valence-corrected chi connectivity index (χ4v) is 2.12. The Balaban J connectivity index is 1.71. The van der Waals surface area contributed by atoms with Gasteiger partial charge in [0.2, 0.25) is 5.82 Å². The molecule has 1 aliphatic rings. The number of amides is 2. The summed E-state index contributed by atoms with van der Waals surface area (Å²) in [5, 5.41) is 11.8. The molecule has 1 fully saturated rings. The van der Waals surface area contributed by atoms with Crippen LogP contribution >= 0.6 is 15.9 Å². The van der Waals surface area contributed by atoms with Gasteiger partial charge in [-0.25, -0.2) is 9.69 Å². The van der Waals surface area contributed by atoms with Gasteiger partial charge in [0.15, 0.2) is 0 Å². The van der Waals surface area contributed by atoms with Gasteiger partial charge in [0.1, 0.15) is 13.2 Å². The molecule has 0 aliphatic carbocycles. The van der Waals surface area contributed by atoms with E-state index in [0.717, 1.165) is 19.7 Å². The third kappa shape index (κ3) is 2.92. The van der Waals surface area contributed by atoms with E-state index in [-0.39, 0.29) is 19.7 Å². The number of hydrogen-bond donors (Lipinski definition) is 0. The topological polar surface area (TPSA) is 90.2 Å². The number of rotatable bonds is 3. The van der Waals surface area contributed by atoms with Crippen molar-refractivity contribution in [2.45, 2.75) is 6.54 Å². The smallest absolute Gasteiger partial charge is 0.416 e. The molecule has 0 spiro atoms. The molecule has 0 bridgehead atoms. The van der Waals surface area contributed by atoms with Crippen LogP contribution in [0.1, 0.15) is 0 Å². The van der Waals surface area contributed by atoms with Crippen LogP contribution in [0.25, 0.3) is 11.4 Å². The number of nitrogens with zero attached hydrogens (tertiary/aromatic N) is 5. The minimum Gasteiger partial charge on any atom is -0.447 e. The number of halogens is 1. The number of carbonyl (C=O) groups is 2. The highest BCUT2D eigenvalue weighted by atomic mass is 79.9. The lowest BCUT2D eigenvalue weighted by Gasteiger charge is -2.08. The number of benzene rings is 1. The Morgan fingerprint density at radius 2 is 2.10 bits per heavy atom. The summed E-state index contributed by atoms with van der Waals surface area (Å²) >= 11 is 3.34. The quantitative estimate of drug-likeness (QED) is 0.821. The Morgan fingerprint density at radius 3 is 2.76 bits per heavy atom. The third-order valence-corrected chi connectivity index (χ3v) is 3.42. The summed E-state index contributed by atoms with van der Waals surface area (Å²) in [5.41, 5.74) is 0.789. The predicted octanol–water partition coefficient (Wildman–Crippen LogP) is 1.08. The molecule has 2 aromatic rings. The normalized spacial score (nSPS) is 14.3. The molecule has 21 heavy (non-hydrogen) atoms. The molecular formula is C12H10BrN5O3. The fraction of sp³-hybridized carbons (Fsp3) is 0.250. The Morgan fingerprint density at radius 1 is 1.33 bits per heavy atom. The van der Waals surface area contributed by atoms with Gasteiger partial charge >= 0.3 is 6.09 Å². The average molecular weight is 352 g/mol. The van der Waals surface area contributed by atoms with E-state index in [1.807, 2.05) is 24.3 Å². The molecule has 3 rings (SSSR count). The van der Waals surface area contributed by atoms with E-state index in [0.29, 0.717) is 5.82 Å². The van der Waals surface area contributed by atoms with E-state index in [9.17, 15) is 9.59 Å². The number of ether oxygens (including phenoxy) is 1.